The van der Waals surface area contributed by atoms with Crippen molar-refractivity contribution in [1.82, 2.24) is 10.6 Å². The fourth-order valence-corrected chi connectivity index (χ4v) is 2.28. The SMILES string of the molecule is CC(C)C[C@@H](NC(=O)OCc1cccs1)C(=O)NCC#N. The van der Waals surface area contributed by atoms with Gasteiger partial charge in [-0.05, 0) is 23.8 Å². The molecule has 1 heterocycles. The van der Waals surface area contributed by atoms with E-state index in [9.17, 15) is 9.59 Å². The highest BCUT2D eigenvalue weighted by Crippen LogP contribution is 2.10. The molecule has 0 radical (unpaired) electrons. The summed E-state index contributed by atoms with van der Waals surface area (Å²) < 4.78 is 5.07. The molecule has 7 heteroatoms. The van der Waals surface area contributed by atoms with E-state index >= 15 is 0 Å². The number of ether oxygens (including phenoxy) is 1. The highest BCUT2D eigenvalue weighted by Gasteiger charge is 2.22. The summed E-state index contributed by atoms with van der Waals surface area (Å²) in [5, 5.41) is 15.4. The van der Waals surface area contributed by atoms with Gasteiger partial charge < -0.3 is 15.4 Å². The van der Waals surface area contributed by atoms with Crippen molar-refractivity contribution in [3.63, 3.8) is 0 Å². The smallest absolute Gasteiger partial charge is 0.408 e. The summed E-state index contributed by atoms with van der Waals surface area (Å²) in [4.78, 5) is 24.5. The Morgan fingerprint density at radius 3 is 2.81 bits per heavy atom. The molecule has 1 atom stereocenters. The Morgan fingerprint density at radius 1 is 1.48 bits per heavy atom. The van der Waals surface area contributed by atoms with E-state index in [1.807, 2.05) is 37.4 Å². The van der Waals surface area contributed by atoms with Gasteiger partial charge in [0.2, 0.25) is 5.91 Å². The molecule has 6 nitrogen and oxygen atoms in total. The standard InChI is InChI=1S/C14H19N3O3S/c1-10(2)8-12(13(18)16-6-5-15)17-14(19)20-9-11-4-3-7-21-11/h3-4,7,10,12H,6,8-9H2,1-2H3,(H,16,18)(H,17,19)/t12-/m1/s1. The second-order valence-corrected chi connectivity index (χ2v) is 5.89. The third-order valence-corrected chi connectivity index (χ3v) is 3.43. The van der Waals surface area contributed by atoms with Crippen LogP contribution in [0.3, 0.4) is 0 Å². The maximum Gasteiger partial charge on any atom is 0.408 e. The number of nitriles is 1. The quantitative estimate of drug-likeness (QED) is 0.754. The highest BCUT2D eigenvalue weighted by atomic mass is 32.1. The zero-order valence-corrected chi connectivity index (χ0v) is 12.9. The molecular formula is C14H19N3O3S. The maximum atomic E-state index is 11.9. The number of thiophene rings is 1. The van der Waals surface area contributed by atoms with Crippen molar-refractivity contribution in [3.05, 3.63) is 22.4 Å². The lowest BCUT2D eigenvalue weighted by Gasteiger charge is -2.19. The largest absolute Gasteiger partial charge is 0.444 e. The van der Waals surface area contributed by atoms with Gasteiger partial charge in [-0.25, -0.2) is 4.79 Å². The van der Waals surface area contributed by atoms with Gasteiger partial charge in [-0.3, -0.25) is 4.79 Å². The Bertz CT molecular complexity index is 494. The first-order valence-corrected chi connectivity index (χ1v) is 7.51. The van der Waals surface area contributed by atoms with Crippen LogP contribution in [0.15, 0.2) is 17.5 Å². The molecule has 0 saturated heterocycles. The number of hydrogen-bond donors (Lipinski definition) is 2. The summed E-state index contributed by atoms with van der Waals surface area (Å²) in [7, 11) is 0. The molecule has 1 rings (SSSR count). The lowest BCUT2D eigenvalue weighted by Crippen LogP contribution is -2.47. The molecule has 114 valence electrons. The molecule has 2 amide bonds. The minimum atomic E-state index is -0.700. The second kappa shape index (κ2) is 8.97. The molecule has 0 bridgehead atoms. The van der Waals surface area contributed by atoms with Crippen LogP contribution in [-0.4, -0.2) is 24.6 Å². The molecule has 0 saturated carbocycles. The van der Waals surface area contributed by atoms with E-state index in [1.54, 1.807) is 0 Å². The van der Waals surface area contributed by atoms with E-state index in [4.69, 9.17) is 10.00 Å². The highest BCUT2D eigenvalue weighted by molar-refractivity contribution is 7.09. The second-order valence-electron chi connectivity index (χ2n) is 4.86. The topological polar surface area (TPSA) is 91.2 Å². The van der Waals surface area contributed by atoms with Crippen molar-refractivity contribution in [2.24, 2.45) is 5.92 Å². The summed E-state index contributed by atoms with van der Waals surface area (Å²) in [6.07, 6.45) is -0.160. The first kappa shape index (κ1) is 17.0. The molecule has 0 aliphatic carbocycles. The molecule has 0 spiro atoms. The van der Waals surface area contributed by atoms with Crippen molar-refractivity contribution >= 4 is 23.3 Å². The molecule has 0 aliphatic heterocycles. The number of hydrogen-bond acceptors (Lipinski definition) is 5. The molecular weight excluding hydrogens is 290 g/mol. The van der Waals surface area contributed by atoms with Crippen molar-refractivity contribution in [1.29, 1.82) is 5.26 Å². The zero-order valence-electron chi connectivity index (χ0n) is 12.1. The van der Waals surface area contributed by atoms with Crippen LogP contribution in [0, 0.1) is 17.2 Å². The van der Waals surface area contributed by atoms with E-state index in [2.05, 4.69) is 10.6 Å². The monoisotopic (exact) mass is 309 g/mol. The number of amides is 2. The maximum absolute atomic E-state index is 11.9. The molecule has 1 aromatic rings. The minimum Gasteiger partial charge on any atom is -0.444 e. The van der Waals surface area contributed by atoms with Crippen molar-refractivity contribution < 1.29 is 14.3 Å². The Balaban J connectivity index is 2.48. The number of nitrogens with zero attached hydrogens (tertiary/aromatic N) is 1. The Kier molecular flexibility index (Phi) is 7.26. The number of nitrogens with one attached hydrogen (secondary N) is 2. The lowest BCUT2D eigenvalue weighted by molar-refractivity contribution is -0.123. The number of carbonyl (C=O) groups excluding carboxylic acids is 2. The van der Waals surface area contributed by atoms with Crippen LogP contribution in [0.4, 0.5) is 4.79 Å². The molecule has 0 aliphatic rings. The molecule has 0 aromatic carbocycles. The third kappa shape index (κ3) is 6.77. The summed E-state index contributed by atoms with van der Waals surface area (Å²) in [5.74, 6) is -0.154. The van der Waals surface area contributed by atoms with Crippen LogP contribution in [0.1, 0.15) is 25.1 Å². The minimum absolute atomic E-state index is 0.0840. The molecule has 2 N–H and O–H groups in total. The summed E-state index contributed by atoms with van der Waals surface area (Å²) >= 11 is 1.49. The van der Waals surface area contributed by atoms with E-state index in [-0.39, 0.29) is 25.0 Å². The Labute approximate surface area is 128 Å². The first-order chi connectivity index (χ1) is 10.0. The average molecular weight is 309 g/mol. The predicted molar refractivity (Wildman–Crippen MR) is 79.5 cm³/mol. The third-order valence-electron chi connectivity index (χ3n) is 2.58. The van der Waals surface area contributed by atoms with Crippen molar-refractivity contribution in [2.45, 2.75) is 32.9 Å². The number of alkyl carbamates (subject to hydrolysis) is 1. The lowest BCUT2D eigenvalue weighted by atomic mass is 10.0. The van der Waals surface area contributed by atoms with Gasteiger partial charge in [-0.1, -0.05) is 19.9 Å². The van der Waals surface area contributed by atoms with Gasteiger partial charge in [-0.15, -0.1) is 11.3 Å². The fraction of sp³-hybridized carbons (Fsp3) is 0.500. The summed E-state index contributed by atoms with van der Waals surface area (Å²) in [6.45, 7) is 3.99. The van der Waals surface area contributed by atoms with Gasteiger partial charge in [0, 0.05) is 4.88 Å². The van der Waals surface area contributed by atoms with Crippen LogP contribution in [0.25, 0.3) is 0 Å². The van der Waals surface area contributed by atoms with E-state index in [1.165, 1.54) is 11.3 Å². The summed E-state index contributed by atoms with van der Waals surface area (Å²) in [6, 6.07) is 4.87. The van der Waals surface area contributed by atoms with Crippen LogP contribution in [-0.2, 0) is 16.1 Å². The van der Waals surface area contributed by atoms with Crippen molar-refractivity contribution in [3.8, 4) is 6.07 Å². The van der Waals surface area contributed by atoms with E-state index in [0.717, 1.165) is 4.88 Å². The number of rotatable bonds is 7. The molecule has 0 unspecified atom stereocenters. The average Bonchev–Trinajstić information content (AvgIpc) is 2.94. The molecule has 0 fully saturated rings. The van der Waals surface area contributed by atoms with Crippen LogP contribution >= 0.6 is 11.3 Å². The van der Waals surface area contributed by atoms with Gasteiger partial charge in [0.05, 0.1) is 6.07 Å². The first-order valence-electron chi connectivity index (χ1n) is 6.63. The normalized spacial score (nSPS) is 11.5. The van der Waals surface area contributed by atoms with Crippen molar-refractivity contribution in [2.75, 3.05) is 6.54 Å². The van der Waals surface area contributed by atoms with Gasteiger partial charge in [0.25, 0.3) is 0 Å². The van der Waals surface area contributed by atoms with Gasteiger partial charge in [-0.2, -0.15) is 5.26 Å². The molecule has 1 aromatic heterocycles. The van der Waals surface area contributed by atoms with Gasteiger partial charge >= 0.3 is 6.09 Å². The van der Waals surface area contributed by atoms with E-state index in [0.29, 0.717) is 6.42 Å². The fourth-order valence-electron chi connectivity index (χ4n) is 1.67. The molecule has 21 heavy (non-hydrogen) atoms. The Hall–Kier alpha value is -2.07. The Morgan fingerprint density at radius 2 is 2.24 bits per heavy atom. The van der Waals surface area contributed by atoms with Crippen LogP contribution in [0.2, 0.25) is 0 Å². The van der Waals surface area contributed by atoms with E-state index < -0.39 is 12.1 Å². The predicted octanol–water partition coefficient (Wildman–Crippen LogP) is 2.03. The van der Waals surface area contributed by atoms with Crippen LogP contribution in [0.5, 0.6) is 0 Å². The van der Waals surface area contributed by atoms with Gasteiger partial charge in [0.15, 0.2) is 0 Å². The summed E-state index contributed by atoms with van der Waals surface area (Å²) in [5.41, 5.74) is 0. The van der Waals surface area contributed by atoms with Crippen LogP contribution < -0.4 is 10.6 Å². The zero-order chi connectivity index (χ0) is 15.7. The number of carbonyl (C=O) groups is 2. The van der Waals surface area contributed by atoms with Gasteiger partial charge in [0.1, 0.15) is 19.2 Å².